The van der Waals surface area contributed by atoms with Crippen molar-refractivity contribution in [2.75, 3.05) is 0 Å². The molecule has 0 aliphatic rings. The topological polar surface area (TPSA) is 59.4 Å². The maximum atomic E-state index is 4.36. The Hall–Kier alpha value is -1.65. The summed E-state index contributed by atoms with van der Waals surface area (Å²) in [5, 5.41) is 11.1. The van der Waals surface area contributed by atoms with E-state index >= 15 is 0 Å². The predicted molar refractivity (Wildman–Crippen MR) is 52.2 cm³/mol. The molecule has 0 fully saturated rings. The third-order valence-electron chi connectivity index (χ3n) is 1.89. The van der Waals surface area contributed by atoms with Crippen LogP contribution >= 0.6 is 0 Å². The van der Waals surface area contributed by atoms with Gasteiger partial charge in [-0.05, 0) is 6.07 Å². The molecule has 0 unspecified atom stereocenters. The monoisotopic (exact) mass is 191 g/mol. The fraction of sp³-hybridized carbons (Fsp3) is 0.444. The molecule has 0 aliphatic heterocycles. The first-order valence-corrected chi connectivity index (χ1v) is 4.50. The van der Waals surface area contributed by atoms with Gasteiger partial charge < -0.3 is 0 Å². The average molecular weight is 191 g/mol. The Morgan fingerprint density at radius 3 is 2.64 bits per heavy atom. The summed E-state index contributed by atoms with van der Waals surface area (Å²) in [7, 11) is 0. The van der Waals surface area contributed by atoms with Crippen LogP contribution in [-0.2, 0) is 5.41 Å². The molecule has 0 saturated heterocycles. The number of aromatic nitrogens is 5. The van der Waals surface area contributed by atoms with Crippen molar-refractivity contribution >= 4 is 0 Å². The lowest BCUT2D eigenvalue weighted by molar-refractivity contribution is 0.548. The standard InChI is InChI=1S/C9H13N5/c1-9(2,3)7-11-8(13-12-7)14-6-4-5-10-14/h4-6H,1-3H3,(H,11,12,13). The first-order valence-electron chi connectivity index (χ1n) is 4.50. The van der Waals surface area contributed by atoms with Gasteiger partial charge in [-0.25, -0.2) is 4.68 Å². The average Bonchev–Trinajstić information content (AvgIpc) is 2.73. The predicted octanol–water partition coefficient (Wildman–Crippen LogP) is 1.29. The van der Waals surface area contributed by atoms with Gasteiger partial charge in [0.2, 0.25) is 0 Å². The summed E-state index contributed by atoms with van der Waals surface area (Å²) in [6, 6.07) is 1.84. The van der Waals surface area contributed by atoms with Gasteiger partial charge >= 0.3 is 0 Å². The summed E-state index contributed by atoms with van der Waals surface area (Å²) in [5.74, 6) is 1.45. The Balaban J connectivity index is 2.36. The number of hydrogen-bond donors (Lipinski definition) is 1. The van der Waals surface area contributed by atoms with E-state index in [1.807, 2.05) is 12.3 Å². The lowest BCUT2D eigenvalue weighted by Gasteiger charge is -2.12. The number of H-pyrrole nitrogens is 1. The maximum absolute atomic E-state index is 4.36. The molecule has 0 bridgehead atoms. The smallest absolute Gasteiger partial charge is 0.261 e. The zero-order valence-corrected chi connectivity index (χ0v) is 8.52. The van der Waals surface area contributed by atoms with Gasteiger partial charge in [-0.2, -0.15) is 10.1 Å². The second-order valence-electron chi connectivity index (χ2n) is 4.18. The third kappa shape index (κ3) is 1.53. The molecule has 2 aromatic rings. The van der Waals surface area contributed by atoms with Gasteiger partial charge in [-0.15, -0.1) is 5.10 Å². The second kappa shape index (κ2) is 2.94. The zero-order chi connectivity index (χ0) is 10.2. The van der Waals surface area contributed by atoms with Crippen molar-refractivity contribution in [1.82, 2.24) is 25.0 Å². The van der Waals surface area contributed by atoms with Crippen LogP contribution in [0, 0.1) is 0 Å². The molecule has 0 aromatic carbocycles. The van der Waals surface area contributed by atoms with Crippen molar-refractivity contribution in [3.63, 3.8) is 0 Å². The van der Waals surface area contributed by atoms with Crippen molar-refractivity contribution in [2.45, 2.75) is 26.2 Å². The van der Waals surface area contributed by atoms with E-state index < -0.39 is 0 Å². The van der Waals surface area contributed by atoms with Gasteiger partial charge in [0.05, 0.1) is 0 Å². The molecule has 74 valence electrons. The highest BCUT2D eigenvalue weighted by molar-refractivity contribution is 5.12. The number of nitrogens with one attached hydrogen (secondary N) is 1. The summed E-state index contributed by atoms with van der Waals surface area (Å²) in [6.07, 6.45) is 3.52. The van der Waals surface area contributed by atoms with Crippen LogP contribution in [0.25, 0.3) is 5.95 Å². The molecular weight excluding hydrogens is 178 g/mol. The molecule has 5 heteroatoms. The van der Waals surface area contributed by atoms with Crippen LogP contribution in [0.4, 0.5) is 0 Å². The Labute approximate surface area is 82.2 Å². The van der Waals surface area contributed by atoms with Crippen molar-refractivity contribution in [3.8, 4) is 5.95 Å². The van der Waals surface area contributed by atoms with Crippen LogP contribution in [0.15, 0.2) is 18.5 Å². The molecule has 2 rings (SSSR count). The van der Waals surface area contributed by atoms with Gasteiger partial charge in [-0.3, -0.25) is 5.10 Å². The highest BCUT2D eigenvalue weighted by atomic mass is 15.4. The summed E-state index contributed by atoms with van der Waals surface area (Å²) >= 11 is 0. The quantitative estimate of drug-likeness (QED) is 0.738. The summed E-state index contributed by atoms with van der Waals surface area (Å²) < 4.78 is 1.63. The largest absolute Gasteiger partial charge is 0.269 e. The molecule has 1 N–H and O–H groups in total. The minimum absolute atomic E-state index is 0.0155. The summed E-state index contributed by atoms with van der Waals surface area (Å²) in [5.41, 5.74) is -0.0155. The van der Waals surface area contributed by atoms with E-state index in [4.69, 9.17) is 0 Å². The van der Waals surface area contributed by atoms with E-state index in [9.17, 15) is 0 Å². The number of aromatic amines is 1. The summed E-state index contributed by atoms with van der Waals surface area (Å²) in [6.45, 7) is 6.25. The molecule has 2 aromatic heterocycles. The first-order chi connectivity index (χ1) is 6.57. The van der Waals surface area contributed by atoms with Gasteiger partial charge in [0.25, 0.3) is 5.95 Å². The third-order valence-corrected chi connectivity index (χ3v) is 1.89. The van der Waals surface area contributed by atoms with Crippen LogP contribution in [-0.4, -0.2) is 25.0 Å². The highest BCUT2D eigenvalue weighted by Gasteiger charge is 2.18. The molecule has 0 atom stereocenters. The first kappa shape index (κ1) is 8.93. The number of rotatable bonds is 1. The number of hydrogen-bond acceptors (Lipinski definition) is 3. The van der Waals surface area contributed by atoms with Crippen LogP contribution in [0.5, 0.6) is 0 Å². The van der Waals surface area contributed by atoms with Crippen molar-refractivity contribution in [2.24, 2.45) is 0 Å². The molecule has 0 aliphatic carbocycles. The minimum atomic E-state index is -0.0155. The number of nitrogens with zero attached hydrogens (tertiary/aromatic N) is 4. The van der Waals surface area contributed by atoms with E-state index in [0.29, 0.717) is 5.95 Å². The van der Waals surface area contributed by atoms with Crippen LogP contribution < -0.4 is 0 Å². The van der Waals surface area contributed by atoms with Crippen molar-refractivity contribution in [3.05, 3.63) is 24.3 Å². The second-order valence-corrected chi connectivity index (χ2v) is 4.18. The highest BCUT2D eigenvalue weighted by Crippen LogP contribution is 2.17. The Kier molecular flexibility index (Phi) is 1.87. The fourth-order valence-electron chi connectivity index (χ4n) is 1.08. The molecular formula is C9H13N5. The summed E-state index contributed by atoms with van der Waals surface area (Å²) in [4.78, 5) is 4.36. The van der Waals surface area contributed by atoms with E-state index in [1.54, 1.807) is 10.9 Å². The minimum Gasteiger partial charge on any atom is -0.261 e. The fourth-order valence-corrected chi connectivity index (χ4v) is 1.08. The van der Waals surface area contributed by atoms with E-state index in [-0.39, 0.29) is 5.41 Å². The Morgan fingerprint density at radius 2 is 2.14 bits per heavy atom. The van der Waals surface area contributed by atoms with Crippen molar-refractivity contribution in [1.29, 1.82) is 0 Å². The van der Waals surface area contributed by atoms with Gasteiger partial charge in [0.1, 0.15) is 5.82 Å². The molecule has 0 saturated carbocycles. The molecule has 14 heavy (non-hydrogen) atoms. The van der Waals surface area contributed by atoms with Gasteiger partial charge in [0.15, 0.2) is 0 Å². The SMILES string of the molecule is CC(C)(C)c1nc(-n2cccn2)n[nH]1. The van der Waals surface area contributed by atoms with Crippen LogP contribution in [0.3, 0.4) is 0 Å². The normalized spacial score (nSPS) is 11.9. The Bertz CT molecular complexity index is 407. The molecule has 2 heterocycles. The molecule has 0 spiro atoms. The van der Waals surface area contributed by atoms with E-state index in [1.165, 1.54) is 0 Å². The zero-order valence-electron chi connectivity index (χ0n) is 8.52. The molecule has 0 radical (unpaired) electrons. The van der Waals surface area contributed by atoms with Crippen LogP contribution in [0.2, 0.25) is 0 Å². The molecule has 5 nitrogen and oxygen atoms in total. The van der Waals surface area contributed by atoms with Crippen molar-refractivity contribution < 1.29 is 0 Å². The van der Waals surface area contributed by atoms with E-state index in [0.717, 1.165) is 5.82 Å². The van der Waals surface area contributed by atoms with E-state index in [2.05, 4.69) is 41.1 Å². The lowest BCUT2D eigenvalue weighted by atomic mass is 9.96. The Morgan fingerprint density at radius 1 is 1.36 bits per heavy atom. The van der Waals surface area contributed by atoms with Gasteiger partial charge in [-0.1, -0.05) is 20.8 Å². The van der Waals surface area contributed by atoms with Crippen LogP contribution in [0.1, 0.15) is 26.6 Å². The molecule has 0 amide bonds. The maximum Gasteiger partial charge on any atom is 0.269 e. The lowest BCUT2D eigenvalue weighted by Crippen LogP contribution is -2.13. The van der Waals surface area contributed by atoms with Gasteiger partial charge in [0, 0.05) is 17.8 Å².